The van der Waals surface area contributed by atoms with Crippen LogP contribution in [0.5, 0.6) is 0 Å². The van der Waals surface area contributed by atoms with E-state index >= 15 is 0 Å². The summed E-state index contributed by atoms with van der Waals surface area (Å²) >= 11 is 0. The standard InChI is InChI=1S/C11H10F5NO2/c1-19-9(18)7-4-2-6(3-5-7)8(17)10(12,13)11(14,15)16/h2-5,8H,17H2,1H3/t8-/m0/s1. The van der Waals surface area contributed by atoms with Crippen LogP contribution in [-0.2, 0) is 4.74 Å². The van der Waals surface area contributed by atoms with E-state index < -0.39 is 29.7 Å². The van der Waals surface area contributed by atoms with Crippen LogP contribution in [-0.4, -0.2) is 25.2 Å². The number of hydrogen-bond acceptors (Lipinski definition) is 3. The Morgan fingerprint density at radius 1 is 1.16 bits per heavy atom. The average molecular weight is 283 g/mol. The number of nitrogens with two attached hydrogens (primary N) is 1. The first-order valence-corrected chi connectivity index (χ1v) is 4.99. The third kappa shape index (κ3) is 3.01. The first kappa shape index (κ1) is 15.4. The molecule has 3 nitrogen and oxygen atoms in total. The number of benzene rings is 1. The van der Waals surface area contributed by atoms with Crippen LogP contribution in [0.25, 0.3) is 0 Å². The van der Waals surface area contributed by atoms with E-state index in [4.69, 9.17) is 5.73 Å². The van der Waals surface area contributed by atoms with Crippen LogP contribution in [0, 0.1) is 0 Å². The van der Waals surface area contributed by atoms with Crippen LogP contribution in [0.1, 0.15) is 22.0 Å². The van der Waals surface area contributed by atoms with Crippen molar-refractivity contribution >= 4 is 5.97 Å². The molecule has 19 heavy (non-hydrogen) atoms. The lowest BCUT2D eigenvalue weighted by molar-refractivity contribution is -0.291. The molecule has 0 saturated carbocycles. The third-order valence-electron chi connectivity index (χ3n) is 2.46. The summed E-state index contributed by atoms with van der Waals surface area (Å²) < 4.78 is 66.7. The third-order valence-corrected chi connectivity index (χ3v) is 2.46. The van der Waals surface area contributed by atoms with E-state index in [0.717, 1.165) is 31.4 Å². The van der Waals surface area contributed by atoms with E-state index in [0.29, 0.717) is 0 Å². The molecular weight excluding hydrogens is 273 g/mol. The topological polar surface area (TPSA) is 52.3 Å². The van der Waals surface area contributed by atoms with E-state index in [1.165, 1.54) is 0 Å². The quantitative estimate of drug-likeness (QED) is 0.685. The molecule has 0 bridgehead atoms. The molecule has 0 heterocycles. The molecule has 0 amide bonds. The van der Waals surface area contributed by atoms with Gasteiger partial charge in [0, 0.05) is 0 Å². The van der Waals surface area contributed by atoms with Crippen molar-refractivity contribution in [1.29, 1.82) is 0 Å². The zero-order valence-electron chi connectivity index (χ0n) is 9.67. The van der Waals surface area contributed by atoms with E-state index in [1.54, 1.807) is 0 Å². The van der Waals surface area contributed by atoms with Gasteiger partial charge in [-0.3, -0.25) is 0 Å². The maximum absolute atomic E-state index is 13.0. The zero-order valence-corrected chi connectivity index (χ0v) is 9.67. The minimum Gasteiger partial charge on any atom is -0.465 e. The highest BCUT2D eigenvalue weighted by Gasteiger charge is 2.61. The minimum absolute atomic E-state index is 0.0220. The van der Waals surface area contributed by atoms with Gasteiger partial charge in [-0.15, -0.1) is 0 Å². The van der Waals surface area contributed by atoms with Gasteiger partial charge in [-0.25, -0.2) is 4.79 Å². The molecule has 0 fully saturated rings. The van der Waals surface area contributed by atoms with Crippen molar-refractivity contribution in [1.82, 2.24) is 0 Å². The summed E-state index contributed by atoms with van der Waals surface area (Å²) in [5, 5.41) is 0. The van der Waals surface area contributed by atoms with Gasteiger partial charge in [0.2, 0.25) is 0 Å². The van der Waals surface area contributed by atoms with Gasteiger partial charge in [0.05, 0.1) is 12.7 Å². The van der Waals surface area contributed by atoms with Crippen LogP contribution in [0.2, 0.25) is 0 Å². The molecule has 1 aromatic carbocycles. The Balaban J connectivity index is 3.02. The smallest absolute Gasteiger partial charge is 0.455 e. The molecule has 1 atom stereocenters. The number of carbonyl (C=O) groups is 1. The molecule has 0 spiro atoms. The molecule has 0 radical (unpaired) electrons. The summed E-state index contributed by atoms with van der Waals surface area (Å²) in [5.74, 6) is -5.79. The summed E-state index contributed by atoms with van der Waals surface area (Å²) in [4.78, 5) is 11.1. The van der Waals surface area contributed by atoms with Crippen LogP contribution in [0.3, 0.4) is 0 Å². The fourth-order valence-corrected chi connectivity index (χ4v) is 1.33. The number of rotatable bonds is 3. The van der Waals surface area contributed by atoms with Crippen molar-refractivity contribution in [2.45, 2.75) is 18.1 Å². The normalized spacial score (nSPS) is 14.1. The summed E-state index contributed by atoms with van der Waals surface area (Å²) in [5.41, 5.74) is 4.52. The Hall–Kier alpha value is -1.70. The fourth-order valence-electron chi connectivity index (χ4n) is 1.33. The predicted octanol–water partition coefficient (Wildman–Crippen LogP) is 2.67. The SMILES string of the molecule is COC(=O)c1ccc([C@H](N)C(F)(F)C(F)(F)F)cc1. The average Bonchev–Trinajstić information content (AvgIpc) is 2.35. The maximum Gasteiger partial charge on any atom is 0.455 e. The van der Waals surface area contributed by atoms with Crippen molar-refractivity contribution < 1.29 is 31.5 Å². The number of halogens is 5. The van der Waals surface area contributed by atoms with Gasteiger partial charge in [0.1, 0.15) is 6.04 Å². The highest BCUT2D eigenvalue weighted by molar-refractivity contribution is 5.89. The van der Waals surface area contributed by atoms with Gasteiger partial charge in [-0.1, -0.05) is 12.1 Å². The number of esters is 1. The Morgan fingerprint density at radius 3 is 2.00 bits per heavy atom. The lowest BCUT2D eigenvalue weighted by Crippen LogP contribution is -2.45. The molecular formula is C11H10F5NO2. The second-order valence-corrected chi connectivity index (χ2v) is 3.71. The van der Waals surface area contributed by atoms with E-state index in [-0.39, 0.29) is 5.56 Å². The monoisotopic (exact) mass is 283 g/mol. The van der Waals surface area contributed by atoms with Gasteiger partial charge in [-0.05, 0) is 17.7 Å². The fraction of sp³-hybridized carbons (Fsp3) is 0.364. The minimum atomic E-state index is -5.74. The van der Waals surface area contributed by atoms with Crippen molar-refractivity contribution in [3.8, 4) is 0 Å². The molecule has 2 N–H and O–H groups in total. The molecule has 0 unspecified atom stereocenters. The van der Waals surface area contributed by atoms with Gasteiger partial charge in [0.25, 0.3) is 0 Å². The Bertz CT molecular complexity index is 455. The van der Waals surface area contributed by atoms with Crippen molar-refractivity contribution in [3.63, 3.8) is 0 Å². The lowest BCUT2D eigenvalue weighted by Gasteiger charge is -2.25. The van der Waals surface area contributed by atoms with Crippen molar-refractivity contribution in [2.24, 2.45) is 5.73 Å². The number of ether oxygens (including phenoxy) is 1. The van der Waals surface area contributed by atoms with Gasteiger partial charge in [0.15, 0.2) is 0 Å². The molecule has 0 aliphatic carbocycles. The number of methoxy groups -OCH3 is 1. The maximum atomic E-state index is 13.0. The predicted molar refractivity (Wildman–Crippen MR) is 55.7 cm³/mol. The first-order valence-electron chi connectivity index (χ1n) is 4.99. The number of alkyl halides is 5. The van der Waals surface area contributed by atoms with E-state index in [2.05, 4.69) is 4.74 Å². The highest BCUT2D eigenvalue weighted by Crippen LogP contribution is 2.43. The summed E-state index contributed by atoms with van der Waals surface area (Å²) in [6.07, 6.45) is -5.74. The van der Waals surface area contributed by atoms with Crippen LogP contribution in [0.4, 0.5) is 22.0 Å². The van der Waals surface area contributed by atoms with Gasteiger partial charge < -0.3 is 10.5 Å². The lowest BCUT2D eigenvalue weighted by atomic mass is 10.00. The Morgan fingerprint density at radius 2 is 1.63 bits per heavy atom. The molecule has 1 aromatic rings. The van der Waals surface area contributed by atoms with E-state index in [1.807, 2.05) is 0 Å². The molecule has 0 aliphatic heterocycles. The van der Waals surface area contributed by atoms with Gasteiger partial charge in [-0.2, -0.15) is 22.0 Å². The summed E-state index contributed by atoms with van der Waals surface area (Å²) in [6, 6.07) is 1.44. The first-order chi connectivity index (χ1) is 8.61. The molecule has 106 valence electrons. The van der Waals surface area contributed by atoms with Gasteiger partial charge >= 0.3 is 18.1 Å². The van der Waals surface area contributed by atoms with Crippen LogP contribution < -0.4 is 5.73 Å². The van der Waals surface area contributed by atoms with Crippen LogP contribution in [0.15, 0.2) is 24.3 Å². The molecule has 0 aliphatic rings. The summed E-state index contributed by atoms with van der Waals surface area (Å²) in [7, 11) is 1.11. The van der Waals surface area contributed by atoms with Crippen molar-refractivity contribution in [3.05, 3.63) is 35.4 Å². The second kappa shape index (κ2) is 5.12. The molecule has 0 saturated heterocycles. The highest BCUT2D eigenvalue weighted by atomic mass is 19.4. The van der Waals surface area contributed by atoms with Crippen LogP contribution >= 0.6 is 0 Å². The molecule has 8 heteroatoms. The van der Waals surface area contributed by atoms with E-state index in [9.17, 15) is 26.7 Å². The Kier molecular flexibility index (Phi) is 4.14. The number of carbonyl (C=O) groups excluding carboxylic acids is 1. The summed E-state index contributed by atoms with van der Waals surface area (Å²) in [6.45, 7) is 0. The Labute approximate surface area is 105 Å². The second-order valence-electron chi connectivity index (χ2n) is 3.71. The molecule has 1 rings (SSSR count). The zero-order chi connectivity index (χ0) is 14.8. The molecule has 0 aromatic heterocycles. The largest absolute Gasteiger partial charge is 0.465 e. The number of hydrogen-bond donors (Lipinski definition) is 1. The van der Waals surface area contributed by atoms with Crippen molar-refractivity contribution in [2.75, 3.05) is 7.11 Å².